The zero-order chi connectivity index (χ0) is 14.5. The maximum atomic E-state index is 4.36. The molecule has 0 amide bonds. The van der Waals surface area contributed by atoms with Gasteiger partial charge in [0.15, 0.2) is 0 Å². The minimum Gasteiger partial charge on any atom is -0.289 e. The van der Waals surface area contributed by atoms with Gasteiger partial charge in [0, 0.05) is 36.9 Å². The van der Waals surface area contributed by atoms with E-state index in [2.05, 4.69) is 42.2 Å². The topological polar surface area (TPSA) is 21.1 Å². The molecule has 0 fully saturated rings. The van der Waals surface area contributed by atoms with Gasteiger partial charge >= 0.3 is 0 Å². The first-order valence-corrected chi connectivity index (χ1v) is 7.29. The third-order valence-corrected chi connectivity index (χ3v) is 4.20. The molecule has 0 bridgehead atoms. The van der Waals surface area contributed by atoms with Gasteiger partial charge in [-0.3, -0.25) is 9.58 Å². The number of hydrogen-bond acceptors (Lipinski definition) is 2. The molecule has 0 unspecified atom stereocenters. The van der Waals surface area contributed by atoms with Crippen molar-refractivity contribution in [3.8, 4) is 0 Å². The minimum absolute atomic E-state index is 0.436. The fraction of sp³-hybridized carbons (Fsp3) is 0.471. The molecule has 3 heteroatoms. The monoisotopic (exact) mass is 271 g/mol. The Morgan fingerprint density at radius 2 is 2.10 bits per heavy atom. The zero-order valence-corrected chi connectivity index (χ0v) is 12.6. The van der Waals surface area contributed by atoms with Crippen molar-refractivity contribution in [1.82, 2.24) is 14.7 Å². The number of nitrogens with zero attached hydrogens (tertiary/aromatic N) is 3. The molecule has 1 aliphatic heterocycles. The van der Waals surface area contributed by atoms with Crippen LogP contribution in [-0.4, -0.2) is 26.8 Å². The number of aromatic nitrogens is 2. The van der Waals surface area contributed by atoms with Crippen LogP contribution in [0.25, 0.3) is 0 Å². The van der Waals surface area contributed by atoms with Gasteiger partial charge in [0.1, 0.15) is 0 Å². The molecule has 2 atom stereocenters. The highest BCUT2D eigenvalue weighted by atomic mass is 15.3. The van der Waals surface area contributed by atoms with Crippen LogP contribution in [0.4, 0.5) is 0 Å². The van der Waals surface area contributed by atoms with Gasteiger partial charge in [-0.25, -0.2) is 0 Å². The Morgan fingerprint density at radius 3 is 2.70 bits per heavy atom. The lowest BCUT2D eigenvalue weighted by Gasteiger charge is -2.38. The van der Waals surface area contributed by atoms with Gasteiger partial charge in [-0.1, -0.05) is 24.3 Å². The highest BCUT2D eigenvalue weighted by Crippen LogP contribution is 2.25. The van der Waals surface area contributed by atoms with E-state index in [1.807, 2.05) is 30.1 Å². The molecule has 20 heavy (non-hydrogen) atoms. The standard InChI is InChI=1S/C17H25N3/c1-5-8-16-10-7-11-17(9-6-2)20(16)13-15-12-18-19(4)14(15)3/h5-7,10,12,16-17H,1-2,8-9,11,13H2,3-4H3/t16-,17-/m1/s1. The molecule has 0 N–H and O–H groups in total. The van der Waals surface area contributed by atoms with Crippen LogP contribution < -0.4 is 0 Å². The SMILES string of the molecule is C=CC[C@@H]1CC=C[C@@H](CC=C)N1Cc1cnn(C)c1C. The Hall–Kier alpha value is -1.61. The highest BCUT2D eigenvalue weighted by molar-refractivity contribution is 5.18. The minimum atomic E-state index is 0.436. The first-order chi connectivity index (χ1) is 9.67. The first-order valence-electron chi connectivity index (χ1n) is 7.29. The molecular weight excluding hydrogens is 246 g/mol. The van der Waals surface area contributed by atoms with Crippen LogP contribution in [0, 0.1) is 6.92 Å². The Balaban J connectivity index is 2.21. The predicted octanol–water partition coefficient (Wildman–Crippen LogP) is 3.38. The average molecular weight is 271 g/mol. The van der Waals surface area contributed by atoms with E-state index in [0.717, 1.165) is 25.8 Å². The second-order valence-corrected chi connectivity index (χ2v) is 5.48. The van der Waals surface area contributed by atoms with Gasteiger partial charge in [-0.05, 0) is 26.2 Å². The normalized spacial score (nSPS) is 22.9. The van der Waals surface area contributed by atoms with Crippen molar-refractivity contribution < 1.29 is 0 Å². The molecule has 0 radical (unpaired) electrons. The van der Waals surface area contributed by atoms with Crippen molar-refractivity contribution in [2.24, 2.45) is 7.05 Å². The second kappa shape index (κ2) is 6.71. The van der Waals surface area contributed by atoms with Crippen LogP contribution in [0.1, 0.15) is 30.5 Å². The van der Waals surface area contributed by atoms with Crippen molar-refractivity contribution in [1.29, 1.82) is 0 Å². The molecule has 0 saturated carbocycles. The molecule has 3 nitrogen and oxygen atoms in total. The van der Waals surface area contributed by atoms with Gasteiger partial charge in [-0.15, -0.1) is 13.2 Å². The van der Waals surface area contributed by atoms with E-state index in [-0.39, 0.29) is 0 Å². The molecule has 2 rings (SSSR count). The summed E-state index contributed by atoms with van der Waals surface area (Å²) in [5.74, 6) is 0. The summed E-state index contributed by atoms with van der Waals surface area (Å²) in [6, 6.07) is 0.966. The summed E-state index contributed by atoms with van der Waals surface area (Å²) in [5.41, 5.74) is 2.56. The van der Waals surface area contributed by atoms with Crippen molar-refractivity contribution in [2.75, 3.05) is 0 Å². The lowest BCUT2D eigenvalue weighted by molar-refractivity contribution is 0.142. The average Bonchev–Trinajstić information content (AvgIpc) is 2.75. The maximum absolute atomic E-state index is 4.36. The van der Waals surface area contributed by atoms with Gasteiger partial charge < -0.3 is 0 Å². The summed E-state index contributed by atoms with van der Waals surface area (Å²) in [6.45, 7) is 10.9. The van der Waals surface area contributed by atoms with Crippen LogP contribution >= 0.6 is 0 Å². The summed E-state index contributed by atoms with van der Waals surface area (Å²) in [4.78, 5) is 2.56. The summed E-state index contributed by atoms with van der Waals surface area (Å²) in [6.07, 6.45) is 13.7. The van der Waals surface area contributed by atoms with Crippen LogP contribution in [0.15, 0.2) is 43.7 Å². The van der Waals surface area contributed by atoms with Crippen LogP contribution in [0.5, 0.6) is 0 Å². The third-order valence-electron chi connectivity index (χ3n) is 4.20. The molecule has 1 aromatic heterocycles. The molecular formula is C17H25N3. The molecule has 2 heterocycles. The third kappa shape index (κ3) is 3.10. The fourth-order valence-electron chi connectivity index (χ4n) is 2.86. The molecule has 0 aromatic carbocycles. The Kier molecular flexibility index (Phi) is 4.96. The van der Waals surface area contributed by atoms with Crippen LogP contribution in [0.3, 0.4) is 0 Å². The molecule has 108 valence electrons. The molecule has 0 aliphatic carbocycles. The largest absolute Gasteiger partial charge is 0.289 e. The summed E-state index contributed by atoms with van der Waals surface area (Å²) in [7, 11) is 2.00. The van der Waals surface area contributed by atoms with Crippen LogP contribution in [0.2, 0.25) is 0 Å². The maximum Gasteiger partial charge on any atom is 0.0537 e. The smallest absolute Gasteiger partial charge is 0.0537 e. The van der Waals surface area contributed by atoms with Crippen molar-refractivity contribution in [3.63, 3.8) is 0 Å². The van der Waals surface area contributed by atoms with Crippen LogP contribution in [-0.2, 0) is 13.6 Å². The number of aryl methyl sites for hydroxylation is 1. The predicted molar refractivity (Wildman–Crippen MR) is 84.4 cm³/mol. The van der Waals surface area contributed by atoms with Gasteiger partial charge in [0.05, 0.1) is 6.20 Å². The Labute approximate surface area is 122 Å². The Bertz CT molecular complexity index is 498. The quantitative estimate of drug-likeness (QED) is 0.740. The van der Waals surface area contributed by atoms with Gasteiger partial charge in [0.2, 0.25) is 0 Å². The van der Waals surface area contributed by atoms with E-state index in [1.165, 1.54) is 11.3 Å². The number of rotatable bonds is 6. The molecule has 1 aliphatic rings. The van der Waals surface area contributed by atoms with Crippen molar-refractivity contribution in [2.45, 2.75) is 44.8 Å². The van der Waals surface area contributed by atoms with Crippen molar-refractivity contribution in [3.05, 3.63) is 54.9 Å². The van der Waals surface area contributed by atoms with Gasteiger partial charge in [-0.2, -0.15) is 5.10 Å². The van der Waals surface area contributed by atoms with E-state index in [9.17, 15) is 0 Å². The summed E-state index contributed by atoms with van der Waals surface area (Å²) < 4.78 is 1.94. The highest BCUT2D eigenvalue weighted by Gasteiger charge is 2.26. The molecule has 0 spiro atoms. The molecule has 1 aromatic rings. The van der Waals surface area contributed by atoms with E-state index in [4.69, 9.17) is 0 Å². The van der Waals surface area contributed by atoms with E-state index < -0.39 is 0 Å². The lowest BCUT2D eigenvalue weighted by Crippen LogP contribution is -2.43. The Morgan fingerprint density at radius 1 is 1.35 bits per heavy atom. The van der Waals surface area contributed by atoms with E-state index >= 15 is 0 Å². The summed E-state index contributed by atoms with van der Waals surface area (Å²) in [5, 5.41) is 4.36. The second-order valence-electron chi connectivity index (χ2n) is 5.48. The van der Waals surface area contributed by atoms with E-state index in [0.29, 0.717) is 12.1 Å². The van der Waals surface area contributed by atoms with Crippen molar-refractivity contribution >= 4 is 0 Å². The summed E-state index contributed by atoms with van der Waals surface area (Å²) >= 11 is 0. The lowest BCUT2D eigenvalue weighted by atomic mass is 9.97. The molecule has 0 saturated heterocycles. The zero-order valence-electron chi connectivity index (χ0n) is 12.6. The first kappa shape index (κ1) is 14.8. The van der Waals surface area contributed by atoms with Gasteiger partial charge in [0.25, 0.3) is 0 Å². The fourth-order valence-corrected chi connectivity index (χ4v) is 2.86. The number of hydrogen-bond donors (Lipinski definition) is 0. The van der Waals surface area contributed by atoms with E-state index in [1.54, 1.807) is 0 Å².